The fraction of sp³-hybridized carbons (Fsp3) is 0.600. The summed E-state index contributed by atoms with van der Waals surface area (Å²) in [6, 6.07) is 8.54. The molecule has 1 rings (SSSR count). The van der Waals surface area contributed by atoms with E-state index in [2.05, 4.69) is 78.6 Å². The van der Waals surface area contributed by atoms with Gasteiger partial charge in [-0.2, -0.15) is 12.6 Å². The minimum absolute atomic E-state index is 0.351. The van der Waals surface area contributed by atoms with Crippen LogP contribution in [0.25, 0.3) is 0 Å². The lowest BCUT2D eigenvalue weighted by molar-refractivity contribution is 0.179. The Labute approximate surface area is 125 Å². The largest absolute Gasteiger partial charge is 0.302 e. The van der Waals surface area contributed by atoms with Crippen molar-refractivity contribution in [3.8, 4) is 0 Å². The fourth-order valence-electron chi connectivity index (χ4n) is 2.32. The molecule has 1 nitrogen and oxygen atoms in total. The summed E-state index contributed by atoms with van der Waals surface area (Å²) >= 11 is 8.07. The first-order valence-corrected chi connectivity index (χ1v) is 8.01. The zero-order chi connectivity index (χ0) is 13.6. The quantitative estimate of drug-likeness (QED) is 0.714. The number of thiol groups is 1. The zero-order valence-electron chi connectivity index (χ0n) is 11.6. The molecule has 0 saturated heterocycles. The molecule has 0 atom stereocenters. The SMILES string of the molecule is CCC(CC)(CS)CN(C)Cc1cccc(Br)c1. The topological polar surface area (TPSA) is 3.24 Å². The van der Waals surface area contributed by atoms with E-state index in [0.717, 1.165) is 23.3 Å². The van der Waals surface area contributed by atoms with Gasteiger partial charge in [-0.3, -0.25) is 0 Å². The van der Waals surface area contributed by atoms with Crippen molar-refractivity contribution in [3.05, 3.63) is 34.3 Å². The van der Waals surface area contributed by atoms with Gasteiger partial charge in [-0.1, -0.05) is 41.9 Å². The Morgan fingerprint density at radius 1 is 1.28 bits per heavy atom. The van der Waals surface area contributed by atoms with E-state index < -0.39 is 0 Å². The van der Waals surface area contributed by atoms with Crippen LogP contribution in [0.3, 0.4) is 0 Å². The molecule has 0 fully saturated rings. The van der Waals surface area contributed by atoms with Crippen molar-refractivity contribution in [2.24, 2.45) is 5.41 Å². The highest BCUT2D eigenvalue weighted by molar-refractivity contribution is 9.10. The van der Waals surface area contributed by atoms with Gasteiger partial charge in [0, 0.05) is 17.6 Å². The summed E-state index contributed by atoms with van der Waals surface area (Å²) in [7, 11) is 2.20. The molecule has 0 aromatic heterocycles. The van der Waals surface area contributed by atoms with E-state index in [1.165, 1.54) is 18.4 Å². The minimum atomic E-state index is 0.351. The van der Waals surface area contributed by atoms with Gasteiger partial charge < -0.3 is 4.90 Å². The molecule has 3 heteroatoms. The number of halogens is 1. The molecule has 1 aromatic carbocycles. The van der Waals surface area contributed by atoms with Crippen molar-refractivity contribution in [1.82, 2.24) is 4.90 Å². The van der Waals surface area contributed by atoms with Crippen molar-refractivity contribution in [1.29, 1.82) is 0 Å². The predicted molar refractivity (Wildman–Crippen MR) is 87.3 cm³/mol. The van der Waals surface area contributed by atoms with E-state index in [1.807, 2.05) is 0 Å². The van der Waals surface area contributed by atoms with Crippen LogP contribution >= 0.6 is 28.6 Å². The van der Waals surface area contributed by atoms with Crippen LogP contribution in [0.2, 0.25) is 0 Å². The van der Waals surface area contributed by atoms with Gasteiger partial charge in [-0.15, -0.1) is 0 Å². The monoisotopic (exact) mass is 329 g/mol. The first kappa shape index (κ1) is 16.1. The summed E-state index contributed by atoms with van der Waals surface area (Å²) in [5.41, 5.74) is 1.70. The lowest BCUT2D eigenvalue weighted by Crippen LogP contribution is -2.36. The van der Waals surface area contributed by atoms with Gasteiger partial charge in [0.05, 0.1) is 0 Å². The smallest absolute Gasteiger partial charge is 0.0231 e. The molecule has 0 saturated carbocycles. The maximum atomic E-state index is 4.54. The van der Waals surface area contributed by atoms with Gasteiger partial charge >= 0.3 is 0 Å². The van der Waals surface area contributed by atoms with Gasteiger partial charge in [-0.25, -0.2) is 0 Å². The molecular weight excluding hydrogens is 306 g/mol. The number of benzene rings is 1. The fourth-order valence-corrected chi connectivity index (χ4v) is 3.32. The molecular formula is C15H24BrNS. The van der Waals surface area contributed by atoms with Gasteiger partial charge in [0.2, 0.25) is 0 Å². The zero-order valence-corrected chi connectivity index (χ0v) is 14.1. The summed E-state index contributed by atoms with van der Waals surface area (Å²) in [6.45, 7) is 6.64. The van der Waals surface area contributed by atoms with Crippen LogP contribution in [0, 0.1) is 5.41 Å². The molecule has 102 valence electrons. The molecule has 0 bridgehead atoms. The van der Waals surface area contributed by atoms with Gasteiger partial charge in [-0.05, 0) is 48.8 Å². The summed E-state index contributed by atoms with van der Waals surface area (Å²) in [6.07, 6.45) is 2.38. The second-order valence-electron chi connectivity index (χ2n) is 5.17. The van der Waals surface area contributed by atoms with Crippen LogP contribution in [0.1, 0.15) is 32.3 Å². The first-order chi connectivity index (χ1) is 8.55. The van der Waals surface area contributed by atoms with Gasteiger partial charge in [0.15, 0.2) is 0 Å². The van der Waals surface area contributed by atoms with Crippen molar-refractivity contribution < 1.29 is 0 Å². The Balaban J connectivity index is 2.63. The molecule has 0 N–H and O–H groups in total. The average molecular weight is 330 g/mol. The predicted octanol–water partition coefficient (Wildman–Crippen LogP) is 4.62. The number of rotatable bonds is 7. The number of hydrogen-bond acceptors (Lipinski definition) is 2. The summed E-state index contributed by atoms with van der Waals surface area (Å²) in [5.74, 6) is 0.961. The van der Waals surface area contributed by atoms with Gasteiger partial charge in [0.25, 0.3) is 0 Å². The Bertz CT molecular complexity index is 355. The minimum Gasteiger partial charge on any atom is -0.302 e. The molecule has 18 heavy (non-hydrogen) atoms. The molecule has 0 aliphatic rings. The lowest BCUT2D eigenvalue weighted by Gasteiger charge is -2.34. The molecule has 0 aliphatic heterocycles. The van der Waals surface area contributed by atoms with E-state index in [4.69, 9.17) is 0 Å². The molecule has 1 aromatic rings. The van der Waals surface area contributed by atoms with Gasteiger partial charge in [0.1, 0.15) is 0 Å². The molecule has 0 heterocycles. The third-order valence-corrected chi connectivity index (χ3v) is 4.95. The Kier molecular flexibility index (Phi) is 6.75. The third kappa shape index (κ3) is 4.60. The van der Waals surface area contributed by atoms with E-state index in [-0.39, 0.29) is 0 Å². The van der Waals surface area contributed by atoms with Crippen molar-refractivity contribution in [2.75, 3.05) is 19.3 Å². The average Bonchev–Trinajstić information content (AvgIpc) is 2.36. The highest BCUT2D eigenvalue weighted by Gasteiger charge is 2.25. The normalized spacial score (nSPS) is 12.1. The number of nitrogens with zero attached hydrogens (tertiary/aromatic N) is 1. The van der Waals surface area contributed by atoms with Crippen LogP contribution in [0.4, 0.5) is 0 Å². The second-order valence-corrected chi connectivity index (χ2v) is 6.40. The Hall–Kier alpha value is 0.01000. The molecule has 0 unspecified atom stereocenters. The maximum Gasteiger partial charge on any atom is 0.0231 e. The Morgan fingerprint density at radius 3 is 2.44 bits per heavy atom. The number of hydrogen-bond donors (Lipinski definition) is 1. The van der Waals surface area contributed by atoms with E-state index in [1.54, 1.807) is 0 Å². The van der Waals surface area contributed by atoms with Crippen molar-refractivity contribution in [3.63, 3.8) is 0 Å². The second kappa shape index (κ2) is 7.56. The van der Waals surface area contributed by atoms with Crippen molar-refractivity contribution >= 4 is 28.6 Å². The summed E-state index contributed by atoms with van der Waals surface area (Å²) in [4.78, 5) is 2.41. The molecule has 0 radical (unpaired) electrons. The van der Waals surface area contributed by atoms with Crippen LogP contribution < -0.4 is 0 Å². The van der Waals surface area contributed by atoms with E-state index in [0.29, 0.717) is 5.41 Å². The third-order valence-electron chi connectivity index (χ3n) is 3.78. The Morgan fingerprint density at radius 2 is 1.94 bits per heavy atom. The van der Waals surface area contributed by atoms with Crippen LogP contribution in [-0.4, -0.2) is 24.2 Å². The molecule has 0 spiro atoms. The maximum absolute atomic E-state index is 4.54. The van der Waals surface area contributed by atoms with Crippen molar-refractivity contribution in [2.45, 2.75) is 33.2 Å². The standard InChI is InChI=1S/C15H24BrNS/c1-4-15(5-2,12-18)11-17(3)10-13-7-6-8-14(16)9-13/h6-9,18H,4-5,10-12H2,1-3H3. The molecule has 0 amide bonds. The van der Waals surface area contributed by atoms with E-state index >= 15 is 0 Å². The highest BCUT2D eigenvalue weighted by Crippen LogP contribution is 2.29. The summed E-state index contributed by atoms with van der Waals surface area (Å²) in [5, 5.41) is 0. The molecule has 0 aliphatic carbocycles. The lowest BCUT2D eigenvalue weighted by atomic mass is 9.84. The summed E-state index contributed by atoms with van der Waals surface area (Å²) < 4.78 is 1.15. The highest BCUT2D eigenvalue weighted by atomic mass is 79.9. The van der Waals surface area contributed by atoms with Crippen LogP contribution in [-0.2, 0) is 6.54 Å². The van der Waals surface area contributed by atoms with E-state index in [9.17, 15) is 0 Å². The first-order valence-electron chi connectivity index (χ1n) is 6.59. The van der Waals surface area contributed by atoms with Crippen LogP contribution in [0.15, 0.2) is 28.7 Å². The van der Waals surface area contributed by atoms with Crippen LogP contribution in [0.5, 0.6) is 0 Å².